The van der Waals surface area contributed by atoms with Gasteiger partial charge in [-0.25, -0.2) is 9.98 Å². The molecular weight excluding hydrogens is 910 g/mol. The van der Waals surface area contributed by atoms with E-state index < -0.39 is 14.5 Å². The first-order valence-electron chi connectivity index (χ1n) is 23.6. The van der Waals surface area contributed by atoms with Crippen LogP contribution in [0.4, 0.5) is 57.3 Å². The average Bonchev–Trinajstić information content (AvgIpc) is 3.17. The van der Waals surface area contributed by atoms with Crippen molar-refractivity contribution in [1.29, 1.82) is 0 Å². The van der Waals surface area contributed by atoms with Crippen LogP contribution >= 0.6 is 0 Å². The lowest BCUT2D eigenvalue weighted by molar-refractivity contribution is -0.355. The van der Waals surface area contributed by atoms with Crippen LogP contribution in [0, 0.1) is 0 Å². The fourth-order valence-electron chi connectivity index (χ4n) is 7.21. The summed E-state index contributed by atoms with van der Waals surface area (Å²) in [6.07, 6.45) is 4.18. The summed E-state index contributed by atoms with van der Waals surface area (Å²) in [4.78, 5) is 7.29. The Hall–Kier alpha value is -5.53. The van der Waals surface area contributed by atoms with Gasteiger partial charge in [0.05, 0.1) is 11.4 Å². The molecule has 0 radical (unpaired) electrons. The van der Waals surface area contributed by atoms with E-state index in [4.69, 9.17) is 0 Å². The minimum atomic E-state index is -6.00. The molecule has 388 valence electrons. The van der Waals surface area contributed by atoms with E-state index in [2.05, 4.69) is 180 Å². The summed E-state index contributed by atoms with van der Waals surface area (Å²) in [5.74, 6) is 2.29. The van der Waals surface area contributed by atoms with E-state index in [0.717, 1.165) is 34.2 Å². The van der Waals surface area contributed by atoms with Crippen LogP contribution in [-0.2, 0) is 10.8 Å². The number of benzene rings is 4. The molecule has 0 aliphatic heterocycles. The Morgan fingerprint density at radius 3 is 0.929 bits per heavy atom. The maximum atomic E-state index is 10.3. The number of phenolic OH excluding ortho intramolecular Hbond substituents is 2. The molecule has 4 aromatic carbocycles. The lowest BCUT2D eigenvalue weighted by Gasteiger charge is -2.20. The fraction of sp³-hybridized carbons (Fsp3) is 0.444. The molecule has 0 bridgehead atoms. The maximum Gasteiger partial charge on any atom is 0.673 e. The fourth-order valence-corrected chi connectivity index (χ4v) is 7.21. The number of hydrogen-bond acceptors (Lipinski definition) is 4. The summed E-state index contributed by atoms with van der Waals surface area (Å²) in [6, 6.07) is 24.7. The van der Waals surface area contributed by atoms with Gasteiger partial charge in [-0.05, 0) is 83.7 Å². The van der Waals surface area contributed by atoms with Gasteiger partial charge in [0.15, 0.2) is 11.4 Å². The van der Waals surface area contributed by atoms with E-state index >= 15 is 0 Å². The van der Waals surface area contributed by atoms with Gasteiger partial charge < -0.3 is 55.4 Å². The summed E-state index contributed by atoms with van der Waals surface area (Å²) >= 11 is 0. The lowest BCUT2D eigenvalue weighted by Crippen LogP contribution is -2.66. The molecule has 0 unspecified atom stereocenters. The van der Waals surface area contributed by atoms with Crippen LogP contribution in [0.3, 0.4) is 0 Å². The molecule has 6 nitrogen and oxygen atoms in total. The van der Waals surface area contributed by atoms with Crippen LogP contribution in [0.1, 0.15) is 182 Å². The zero-order valence-corrected chi connectivity index (χ0v) is 44.5. The number of rotatable bonds is 12. The smallest absolute Gasteiger partial charge is 0.506 e. The normalized spacial score (nSPS) is 13.1. The Labute approximate surface area is 413 Å². The van der Waals surface area contributed by atoms with E-state index in [0.29, 0.717) is 23.7 Å². The number of anilines is 2. The number of phenols is 2. The second-order valence-corrected chi connectivity index (χ2v) is 20.7. The summed E-state index contributed by atoms with van der Waals surface area (Å²) in [6.45, 7) is 39.1. The van der Waals surface area contributed by atoms with Crippen molar-refractivity contribution in [3.63, 3.8) is 0 Å². The van der Waals surface area contributed by atoms with Crippen molar-refractivity contribution in [2.75, 3.05) is 10.6 Å². The van der Waals surface area contributed by atoms with E-state index in [1.807, 2.05) is 38.1 Å². The predicted molar refractivity (Wildman–Crippen MR) is 281 cm³/mol. The average molecular weight is 989 g/mol. The van der Waals surface area contributed by atoms with Gasteiger partial charge in [-0.3, -0.25) is 0 Å². The van der Waals surface area contributed by atoms with Gasteiger partial charge in [-0.2, -0.15) is 0 Å². The highest BCUT2D eigenvalue weighted by atomic mass is 19.5. The number of hydrogen-bond donors (Lipinski definition) is 6. The third-order valence-corrected chi connectivity index (χ3v) is 10.6. The second kappa shape index (κ2) is 26.6. The molecule has 0 fully saturated rings. The third-order valence-electron chi connectivity index (χ3n) is 10.6. The molecule has 0 aromatic heterocycles. The first-order valence-corrected chi connectivity index (χ1v) is 23.6. The van der Waals surface area contributed by atoms with Gasteiger partial charge in [0, 0.05) is 59.6 Å². The number of para-hydroxylation sites is 2. The van der Waals surface area contributed by atoms with Crippen molar-refractivity contribution < 1.29 is 54.7 Å². The van der Waals surface area contributed by atoms with Gasteiger partial charge in [0.2, 0.25) is 11.4 Å². The number of allylic oxidation sites excluding steroid dienone is 4. The minimum absolute atomic E-state index is 0.0269. The highest BCUT2D eigenvalue weighted by Gasteiger charge is 2.23. The first kappa shape index (κ1) is 62.5. The molecule has 0 saturated heterocycles. The van der Waals surface area contributed by atoms with Crippen LogP contribution in [0.25, 0.3) is 0 Å². The van der Waals surface area contributed by atoms with Crippen LogP contribution in [0.5, 0.6) is 11.5 Å². The topological polar surface area (TPSA) is 92.5 Å². The molecule has 0 heterocycles. The van der Waals surface area contributed by atoms with Crippen molar-refractivity contribution in [3.8, 4) is 11.5 Å². The minimum Gasteiger partial charge on any atom is -0.506 e. The molecule has 6 N–H and O–H groups in total. The van der Waals surface area contributed by atoms with Gasteiger partial charge in [-0.1, -0.05) is 145 Å². The Kier molecular flexibility index (Phi) is 23.8. The van der Waals surface area contributed by atoms with Crippen LogP contribution in [-0.4, -0.2) is 36.1 Å². The summed E-state index contributed by atoms with van der Waals surface area (Å²) in [5, 5.41) is 27.3. The molecule has 0 amide bonds. The maximum absolute atomic E-state index is 10.3. The molecule has 0 spiro atoms. The molecule has 16 heteroatoms. The molecule has 0 aliphatic rings. The highest BCUT2D eigenvalue weighted by molar-refractivity contribution is 6.50. The number of halogens is 8. The van der Waals surface area contributed by atoms with E-state index in [9.17, 15) is 44.7 Å². The Morgan fingerprint density at radius 2 is 0.714 bits per heavy atom. The lowest BCUT2D eigenvalue weighted by atomic mass is 9.87. The van der Waals surface area contributed by atoms with Gasteiger partial charge >= 0.3 is 14.5 Å². The van der Waals surface area contributed by atoms with Crippen molar-refractivity contribution in [3.05, 3.63) is 130 Å². The molecular formula is C54H78B2F8N4O2. The van der Waals surface area contributed by atoms with E-state index in [1.165, 1.54) is 44.8 Å². The second-order valence-electron chi connectivity index (χ2n) is 20.7. The highest BCUT2D eigenvalue weighted by Crippen LogP contribution is 2.34. The SMILES string of the molecule is CC(/C=C(\C)Nc1cc(C(C)(C)C)ccc1O)=[NH+]c1c(C(C)C)cccc1C(C)C.CC(/C=C(\C)Nc1cc(C(C)(C)C)ccc1O)=[NH+]c1c(C(C)C)cccc1C(C)C.F[B-](F)(F)F.F[B-](F)(F)F. The Balaban J connectivity index is 0.000000586. The molecule has 0 saturated carbocycles. The van der Waals surface area contributed by atoms with Crippen molar-refractivity contribution >= 4 is 48.7 Å². The third kappa shape index (κ3) is 23.4. The van der Waals surface area contributed by atoms with E-state index in [1.54, 1.807) is 12.1 Å². The molecule has 0 aliphatic carbocycles. The summed E-state index contributed by atoms with van der Waals surface area (Å²) in [5.41, 5.74) is 15.7. The summed E-state index contributed by atoms with van der Waals surface area (Å²) in [7, 11) is -12.0. The number of aromatic hydroxyl groups is 2. The van der Waals surface area contributed by atoms with Crippen LogP contribution in [0.2, 0.25) is 0 Å². The number of nitrogens with one attached hydrogen (secondary N) is 4. The Bertz CT molecular complexity index is 2210. The Morgan fingerprint density at radius 1 is 0.471 bits per heavy atom. The van der Waals surface area contributed by atoms with Crippen LogP contribution in [0.15, 0.2) is 96.3 Å². The molecule has 4 aromatic rings. The standard InChI is InChI=1S/2C27H38N2O.2BF4/c2*1-17(2)22-11-10-12-23(18(3)4)26(22)29-20(6)15-19(5)28-24-16-21(27(7,8)9)13-14-25(24)30;2*2-1(3,4)5/h2*10-18,28,30H,1-9H3;;/q;;2*-1/p+2/b2*19-15+,29-20?;;. The molecule has 4 rings (SSSR count). The van der Waals surface area contributed by atoms with Crippen molar-refractivity contribution in [2.45, 2.75) is 159 Å². The zero-order valence-electron chi connectivity index (χ0n) is 44.5. The zero-order chi connectivity index (χ0) is 54.3. The van der Waals surface area contributed by atoms with Crippen LogP contribution < -0.4 is 20.6 Å². The van der Waals surface area contributed by atoms with Crippen molar-refractivity contribution in [1.82, 2.24) is 0 Å². The van der Waals surface area contributed by atoms with Gasteiger partial charge in [0.25, 0.3) is 0 Å². The van der Waals surface area contributed by atoms with Gasteiger partial charge in [0.1, 0.15) is 11.5 Å². The molecule has 70 heavy (non-hydrogen) atoms. The van der Waals surface area contributed by atoms with Crippen molar-refractivity contribution in [2.24, 2.45) is 0 Å². The predicted octanol–water partition coefficient (Wildman–Crippen LogP) is 14.9. The molecule has 0 atom stereocenters. The quantitative estimate of drug-likeness (QED) is 0.0369. The monoisotopic (exact) mass is 989 g/mol. The largest absolute Gasteiger partial charge is 0.673 e. The van der Waals surface area contributed by atoms with E-state index in [-0.39, 0.29) is 22.3 Å². The first-order chi connectivity index (χ1) is 31.8. The summed E-state index contributed by atoms with van der Waals surface area (Å²) < 4.78 is 78.0. The van der Waals surface area contributed by atoms with Gasteiger partial charge in [-0.15, -0.1) is 0 Å².